The number of aliphatic hydroxyl groups excluding tert-OH is 1. The van der Waals surface area contributed by atoms with E-state index in [-0.39, 0.29) is 23.1 Å². The summed E-state index contributed by atoms with van der Waals surface area (Å²) in [4.78, 5) is 0. The number of hydrogen-bond acceptors (Lipinski definition) is 4. The Morgan fingerprint density at radius 2 is 2.05 bits per heavy atom. The van der Waals surface area contributed by atoms with Gasteiger partial charge in [-0.3, -0.25) is 0 Å². The van der Waals surface area contributed by atoms with Crippen molar-refractivity contribution in [3.63, 3.8) is 0 Å². The lowest BCUT2D eigenvalue weighted by Gasteiger charge is -2.25. The molecule has 0 fully saturated rings. The zero-order valence-corrected chi connectivity index (χ0v) is 13.7. The molecule has 1 aromatic rings. The first-order valence-corrected chi connectivity index (χ1v) is 8.51. The summed E-state index contributed by atoms with van der Waals surface area (Å²) >= 11 is 0. The number of hydrogen-bond donors (Lipinski definition) is 2. The molecule has 0 amide bonds. The summed E-state index contributed by atoms with van der Waals surface area (Å²) in [5, 5.41) is 18.1. The molecular formula is C15H21FN2O3S. The maximum Gasteiger partial charge on any atom is 0.216 e. The normalized spacial score (nSPS) is 13.6. The predicted octanol–water partition coefficient (Wildman–Crippen LogP) is 1.91. The van der Waals surface area contributed by atoms with E-state index in [1.54, 1.807) is 0 Å². The van der Waals surface area contributed by atoms with Crippen LogP contribution in [0.25, 0.3) is 0 Å². The molecule has 1 aromatic carbocycles. The van der Waals surface area contributed by atoms with Crippen LogP contribution in [-0.4, -0.2) is 26.2 Å². The third-order valence-electron chi connectivity index (χ3n) is 2.95. The molecule has 0 aromatic heterocycles. The van der Waals surface area contributed by atoms with Gasteiger partial charge in [0.2, 0.25) is 10.0 Å². The quantitative estimate of drug-likeness (QED) is 0.834. The van der Waals surface area contributed by atoms with Crippen molar-refractivity contribution in [3.8, 4) is 6.07 Å². The molecule has 0 saturated carbocycles. The van der Waals surface area contributed by atoms with Gasteiger partial charge in [0, 0.05) is 11.6 Å². The van der Waals surface area contributed by atoms with Crippen LogP contribution in [-0.2, 0) is 15.8 Å². The Labute approximate surface area is 130 Å². The number of aliphatic hydroxyl groups is 1. The Bertz CT molecular complexity index is 660. The largest absolute Gasteiger partial charge is 0.395 e. The summed E-state index contributed by atoms with van der Waals surface area (Å²) in [7, 11) is -3.83. The van der Waals surface area contributed by atoms with Crippen molar-refractivity contribution in [2.45, 2.75) is 39.0 Å². The highest BCUT2D eigenvalue weighted by atomic mass is 32.2. The third kappa shape index (κ3) is 6.10. The van der Waals surface area contributed by atoms with Crippen LogP contribution in [0.5, 0.6) is 0 Å². The van der Waals surface area contributed by atoms with Crippen molar-refractivity contribution in [2.75, 3.05) is 6.61 Å². The Hall–Kier alpha value is -1.49. The fourth-order valence-electron chi connectivity index (χ4n) is 2.14. The minimum Gasteiger partial charge on any atom is -0.395 e. The number of benzene rings is 1. The molecular weight excluding hydrogens is 307 g/mol. The zero-order valence-electron chi connectivity index (χ0n) is 12.9. The molecule has 0 aliphatic carbocycles. The second-order valence-electron chi connectivity index (χ2n) is 6.44. The van der Waals surface area contributed by atoms with Gasteiger partial charge in [-0.2, -0.15) is 5.26 Å². The molecule has 1 atom stereocenters. The molecule has 122 valence electrons. The Morgan fingerprint density at radius 3 is 2.55 bits per heavy atom. The molecule has 0 aliphatic heterocycles. The molecule has 1 rings (SSSR count). The zero-order chi connectivity index (χ0) is 17.0. The fourth-order valence-corrected chi connectivity index (χ4v) is 3.52. The van der Waals surface area contributed by atoms with Crippen molar-refractivity contribution in [1.82, 2.24) is 4.72 Å². The summed E-state index contributed by atoms with van der Waals surface area (Å²) in [5.74, 6) is -1.25. The fraction of sp³-hybridized carbons (Fsp3) is 0.533. The van der Waals surface area contributed by atoms with Crippen molar-refractivity contribution in [3.05, 3.63) is 35.1 Å². The van der Waals surface area contributed by atoms with Gasteiger partial charge in [0.1, 0.15) is 5.82 Å². The van der Waals surface area contributed by atoms with Crippen LogP contribution in [0.4, 0.5) is 4.39 Å². The van der Waals surface area contributed by atoms with Crippen LogP contribution >= 0.6 is 0 Å². The highest BCUT2D eigenvalue weighted by Gasteiger charge is 2.24. The van der Waals surface area contributed by atoms with Gasteiger partial charge >= 0.3 is 0 Å². The van der Waals surface area contributed by atoms with E-state index < -0.39 is 27.6 Å². The van der Waals surface area contributed by atoms with Gasteiger partial charge in [-0.1, -0.05) is 20.8 Å². The Balaban J connectivity index is 2.90. The maximum absolute atomic E-state index is 13.7. The monoisotopic (exact) mass is 328 g/mol. The van der Waals surface area contributed by atoms with Gasteiger partial charge in [0.15, 0.2) is 0 Å². The van der Waals surface area contributed by atoms with Crippen LogP contribution < -0.4 is 4.72 Å². The van der Waals surface area contributed by atoms with Gasteiger partial charge in [0.25, 0.3) is 0 Å². The summed E-state index contributed by atoms with van der Waals surface area (Å²) in [6.07, 6.45) is 0.448. The number of halogens is 1. The molecule has 0 radical (unpaired) electrons. The number of nitriles is 1. The van der Waals surface area contributed by atoms with Crippen molar-refractivity contribution >= 4 is 10.0 Å². The van der Waals surface area contributed by atoms with Crippen molar-refractivity contribution in [1.29, 1.82) is 5.26 Å². The molecule has 7 heteroatoms. The predicted molar refractivity (Wildman–Crippen MR) is 81.8 cm³/mol. The topological polar surface area (TPSA) is 90.2 Å². The molecule has 2 N–H and O–H groups in total. The Morgan fingerprint density at radius 1 is 1.41 bits per heavy atom. The lowest BCUT2D eigenvalue weighted by Crippen LogP contribution is -2.40. The Kier molecular flexibility index (Phi) is 6.06. The second kappa shape index (κ2) is 7.18. The molecule has 0 aliphatic rings. The first-order valence-electron chi connectivity index (χ1n) is 6.86. The van der Waals surface area contributed by atoms with Gasteiger partial charge in [-0.15, -0.1) is 0 Å². The molecule has 5 nitrogen and oxygen atoms in total. The van der Waals surface area contributed by atoms with Crippen LogP contribution in [0.1, 0.15) is 38.3 Å². The summed E-state index contributed by atoms with van der Waals surface area (Å²) < 4.78 is 40.3. The van der Waals surface area contributed by atoms with E-state index in [2.05, 4.69) is 4.72 Å². The first kappa shape index (κ1) is 18.6. The second-order valence-corrected chi connectivity index (χ2v) is 8.19. The minimum atomic E-state index is -3.83. The van der Waals surface area contributed by atoms with Gasteiger partial charge in [0.05, 0.1) is 24.0 Å². The number of rotatable bonds is 6. The van der Waals surface area contributed by atoms with Gasteiger partial charge < -0.3 is 5.11 Å². The van der Waals surface area contributed by atoms with E-state index >= 15 is 0 Å². The smallest absolute Gasteiger partial charge is 0.216 e. The third-order valence-corrected chi connectivity index (χ3v) is 4.33. The van der Waals surface area contributed by atoms with Crippen LogP contribution in [0, 0.1) is 22.6 Å². The highest BCUT2D eigenvalue weighted by Crippen LogP contribution is 2.21. The SMILES string of the molecule is CC(C)(C)CC(CO)NS(=O)(=O)Cc1cc(C#N)ccc1F. The average molecular weight is 328 g/mol. The van der Waals surface area contributed by atoms with E-state index in [4.69, 9.17) is 5.26 Å². The van der Waals surface area contributed by atoms with Gasteiger partial charge in [-0.25, -0.2) is 17.5 Å². The van der Waals surface area contributed by atoms with E-state index in [0.29, 0.717) is 6.42 Å². The van der Waals surface area contributed by atoms with Crippen molar-refractivity contribution in [2.24, 2.45) is 5.41 Å². The molecule has 0 saturated heterocycles. The first-order chi connectivity index (χ1) is 10.1. The summed E-state index contributed by atoms with van der Waals surface area (Å²) in [6.45, 7) is 5.46. The number of sulfonamides is 1. The van der Waals surface area contributed by atoms with Crippen LogP contribution in [0.3, 0.4) is 0 Å². The lowest BCUT2D eigenvalue weighted by atomic mass is 9.89. The lowest BCUT2D eigenvalue weighted by molar-refractivity contribution is 0.214. The van der Waals surface area contributed by atoms with Gasteiger partial charge in [-0.05, 0) is 30.0 Å². The highest BCUT2D eigenvalue weighted by molar-refractivity contribution is 7.88. The van der Waals surface area contributed by atoms with E-state index in [9.17, 15) is 17.9 Å². The average Bonchev–Trinajstić information content (AvgIpc) is 2.38. The van der Waals surface area contributed by atoms with E-state index in [1.807, 2.05) is 26.8 Å². The molecule has 0 heterocycles. The summed E-state index contributed by atoms with van der Waals surface area (Å²) in [6, 6.07) is 4.78. The van der Waals surface area contributed by atoms with E-state index in [0.717, 1.165) is 6.07 Å². The summed E-state index contributed by atoms with van der Waals surface area (Å²) in [5.41, 5.74) is -0.0407. The standard InChI is InChI=1S/C15H21FN2O3S/c1-15(2,3)7-13(9-19)18-22(20,21)10-12-6-11(8-17)4-5-14(12)16/h4-6,13,18-19H,7,9-10H2,1-3H3. The van der Waals surface area contributed by atoms with E-state index in [1.165, 1.54) is 12.1 Å². The molecule has 0 bridgehead atoms. The van der Waals surface area contributed by atoms with Crippen LogP contribution in [0.2, 0.25) is 0 Å². The maximum atomic E-state index is 13.7. The minimum absolute atomic E-state index is 0.0704. The number of nitrogens with zero attached hydrogens (tertiary/aromatic N) is 1. The molecule has 0 spiro atoms. The molecule has 22 heavy (non-hydrogen) atoms. The van der Waals surface area contributed by atoms with Crippen LogP contribution in [0.15, 0.2) is 18.2 Å². The van der Waals surface area contributed by atoms with Crippen molar-refractivity contribution < 1.29 is 17.9 Å². The molecule has 1 unspecified atom stereocenters. The number of nitrogens with one attached hydrogen (secondary N) is 1.